The van der Waals surface area contributed by atoms with E-state index in [-0.39, 0.29) is 12.1 Å². The van der Waals surface area contributed by atoms with Gasteiger partial charge < -0.3 is 4.57 Å². The lowest BCUT2D eigenvalue weighted by molar-refractivity contribution is 0.435. The maximum Gasteiger partial charge on any atom is 0.126 e. The van der Waals surface area contributed by atoms with Crippen molar-refractivity contribution in [3.63, 3.8) is 0 Å². The smallest absolute Gasteiger partial charge is 0.126 e. The minimum atomic E-state index is 0.177. The Hall–Kier alpha value is -1.72. The van der Waals surface area contributed by atoms with Gasteiger partial charge in [-0.1, -0.05) is 19.1 Å². The number of nitrogens with zero attached hydrogens (tertiary/aromatic N) is 3. The van der Waals surface area contributed by atoms with Crippen molar-refractivity contribution in [2.24, 2.45) is 7.05 Å². The van der Waals surface area contributed by atoms with Crippen LogP contribution in [0.2, 0.25) is 0 Å². The van der Waals surface area contributed by atoms with E-state index in [9.17, 15) is 0 Å². The minimum absolute atomic E-state index is 0.177. The number of para-hydroxylation sites is 2. The first-order valence-corrected chi connectivity index (χ1v) is 8.15. The molecular formula is C16H20N4S. The summed E-state index contributed by atoms with van der Waals surface area (Å²) in [6.45, 7) is 4.35. The van der Waals surface area contributed by atoms with Gasteiger partial charge in [0.25, 0.3) is 0 Å². The number of aryl methyl sites for hydroxylation is 1. The molecule has 0 amide bonds. The van der Waals surface area contributed by atoms with Crippen LogP contribution >= 0.6 is 11.3 Å². The van der Waals surface area contributed by atoms with Crippen LogP contribution < -0.4 is 5.32 Å². The van der Waals surface area contributed by atoms with Crippen LogP contribution in [0.1, 0.15) is 43.2 Å². The van der Waals surface area contributed by atoms with E-state index in [2.05, 4.69) is 54.0 Å². The van der Waals surface area contributed by atoms with Gasteiger partial charge in [0.15, 0.2) is 0 Å². The molecule has 0 saturated heterocycles. The molecule has 0 aliphatic carbocycles. The van der Waals surface area contributed by atoms with Gasteiger partial charge in [-0.3, -0.25) is 5.32 Å². The van der Waals surface area contributed by atoms with E-state index in [1.165, 1.54) is 5.52 Å². The second kappa shape index (κ2) is 5.95. The van der Waals surface area contributed by atoms with Crippen LogP contribution in [0.15, 0.2) is 35.8 Å². The fourth-order valence-electron chi connectivity index (χ4n) is 2.70. The van der Waals surface area contributed by atoms with Crippen molar-refractivity contribution in [3.8, 4) is 0 Å². The summed E-state index contributed by atoms with van der Waals surface area (Å²) in [6, 6.07) is 8.70. The quantitative estimate of drug-likeness (QED) is 0.778. The normalized spacial score (nSPS) is 14.4. The molecule has 2 unspecified atom stereocenters. The largest absolute Gasteiger partial charge is 0.330 e. The SMILES string of the molecule is CCC(NC(C)c1nc2ccccc2n1C)c1nccs1. The number of fused-ring (bicyclic) bond motifs is 1. The molecule has 21 heavy (non-hydrogen) atoms. The third-order valence-electron chi connectivity index (χ3n) is 3.82. The number of hydrogen-bond acceptors (Lipinski definition) is 4. The lowest BCUT2D eigenvalue weighted by atomic mass is 10.2. The molecule has 0 saturated carbocycles. The molecule has 1 N–H and O–H groups in total. The Morgan fingerprint density at radius 3 is 2.81 bits per heavy atom. The molecule has 4 nitrogen and oxygen atoms in total. The van der Waals surface area contributed by atoms with Crippen molar-refractivity contribution in [3.05, 3.63) is 46.7 Å². The van der Waals surface area contributed by atoms with Gasteiger partial charge in [-0.15, -0.1) is 11.3 Å². The van der Waals surface area contributed by atoms with Crippen molar-refractivity contribution in [2.75, 3.05) is 0 Å². The van der Waals surface area contributed by atoms with E-state index in [0.717, 1.165) is 22.8 Å². The fraction of sp³-hybridized carbons (Fsp3) is 0.375. The molecule has 0 radical (unpaired) electrons. The average Bonchev–Trinajstić information content (AvgIpc) is 3.13. The zero-order valence-corrected chi connectivity index (χ0v) is 13.4. The summed E-state index contributed by atoms with van der Waals surface area (Å²) in [5, 5.41) is 6.82. The molecule has 110 valence electrons. The Morgan fingerprint density at radius 2 is 2.14 bits per heavy atom. The Bertz CT molecular complexity index is 717. The molecular weight excluding hydrogens is 280 g/mol. The summed E-state index contributed by atoms with van der Waals surface area (Å²) >= 11 is 1.70. The monoisotopic (exact) mass is 300 g/mol. The molecule has 0 bridgehead atoms. The second-order valence-corrected chi connectivity index (χ2v) is 6.16. The molecule has 2 atom stereocenters. The van der Waals surface area contributed by atoms with Gasteiger partial charge in [-0.25, -0.2) is 9.97 Å². The second-order valence-electron chi connectivity index (χ2n) is 5.24. The molecule has 1 aromatic carbocycles. The van der Waals surface area contributed by atoms with Crippen molar-refractivity contribution in [1.82, 2.24) is 19.9 Å². The zero-order chi connectivity index (χ0) is 14.8. The van der Waals surface area contributed by atoms with Crippen LogP contribution in [0, 0.1) is 0 Å². The third-order valence-corrected chi connectivity index (χ3v) is 4.71. The number of thiazole rings is 1. The molecule has 2 aromatic heterocycles. The van der Waals surface area contributed by atoms with Crippen molar-refractivity contribution in [2.45, 2.75) is 32.4 Å². The molecule has 3 aromatic rings. The van der Waals surface area contributed by atoms with E-state index in [0.29, 0.717) is 0 Å². The van der Waals surface area contributed by atoms with E-state index < -0.39 is 0 Å². The molecule has 0 spiro atoms. The topological polar surface area (TPSA) is 42.7 Å². The summed E-state index contributed by atoms with van der Waals surface area (Å²) in [5.74, 6) is 1.06. The van der Waals surface area contributed by atoms with E-state index in [1.54, 1.807) is 11.3 Å². The van der Waals surface area contributed by atoms with E-state index in [1.807, 2.05) is 17.6 Å². The number of rotatable bonds is 5. The standard InChI is InChI=1S/C16H20N4S/c1-4-12(16-17-9-10-21-16)18-11(2)15-19-13-7-5-6-8-14(13)20(15)3/h5-12,18H,4H2,1-3H3. The van der Waals surface area contributed by atoms with Crippen molar-refractivity contribution in [1.29, 1.82) is 0 Å². The van der Waals surface area contributed by atoms with Gasteiger partial charge in [0.05, 0.1) is 23.1 Å². The number of aromatic nitrogens is 3. The summed E-state index contributed by atoms with van der Waals surface area (Å²) in [6.07, 6.45) is 2.88. The van der Waals surface area contributed by atoms with Crippen LogP contribution in [0.25, 0.3) is 11.0 Å². The first-order valence-electron chi connectivity index (χ1n) is 7.27. The lowest BCUT2D eigenvalue weighted by Gasteiger charge is -2.20. The number of nitrogens with one attached hydrogen (secondary N) is 1. The average molecular weight is 300 g/mol. The molecule has 0 aliphatic rings. The Balaban J connectivity index is 1.86. The summed E-state index contributed by atoms with van der Waals surface area (Å²) < 4.78 is 2.17. The van der Waals surface area contributed by atoms with Crippen LogP contribution in [0.5, 0.6) is 0 Å². The molecule has 3 rings (SSSR count). The first-order chi connectivity index (χ1) is 10.2. The van der Waals surface area contributed by atoms with Crippen LogP contribution in [0.4, 0.5) is 0 Å². The van der Waals surface area contributed by atoms with Crippen LogP contribution in [-0.4, -0.2) is 14.5 Å². The lowest BCUT2D eigenvalue weighted by Crippen LogP contribution is -2.26. The van der Waals surface area contributed by atoms with Gasteiger partial charge >= 0.3 is 0 Å². The number of benzene rings is 1. The maximum atomic E-state index is 4.76. The fourth-order valence-corrected chi connectivity index (χ4v) is 3.48. The first kappa shape index (κ1) is 14.2. The summed E-state index contributed by atoms with van der Waals surface area (Å²) in [7, 11) is 2.08. The predicted molar refractivity (Wildman–Crippen MR) is 87.4 cm³/mol. The highest BCUT2D eigenvalue weighted by atomic mass is 32.1. The Morgan fingerprint density at radius 1 is 1.33 bits per heavy atom. The van der Waals surface area contributed by atoms with Gasteiger partial charge in [-0.2, -0.15) is 0 Å². The van der Waals surface area contributed by atoms with Crippen molar-refractivity contribution >= 4 is 22.4 Å². The molecule has 2 heterocycles. The summed E-state index contributed by atoms with van der Waals surface area (Å²) in [4.78, 5) is 9.19. The highest BCUT2D eigenvalue weighted by Crippen LogP contribution is 2.25. The minimum Gasteiger partial charge on any atom is -0.330 e. The highest BCUT2D eigenvalue weighted by Gasteiger charge is 2.19. The number of hydrogen-bond donors (Lipinski definition) is 1. The predicted octanol–water partition coefficient (Wildman–Crippen LogP) is 3.83. The molecule has 5 heteroatoms. The summed E-state index contributed by atoms with van der Waals surface area (Å²) in [5.41, 5.74) is 2.22. The van der Waals surface area contributed by atoms with Crippen LogP contribution in [0.3, 0.4) is 0 Å². The zero-order valence-electron chi connectivity index (χ0n) is 12.6. The van der Waals surface area contributed by atoms with E-state index in [4.69, 9.17) is 4.98 Å². The third kappa shape index (κ3) is 2.71. The van der Waals surface area contributed by atoms with Crippen molar-refractivity contribution < 1.29 is 0 Å². The number of imidazole rings is 1. The Labute approximate surface area is 128 Å². The molecule has 0 fully saturated rings. The van der Waals surface area contributed by atoms with Gasteiger partial charge in [0.1, 0.15) is 10.8 Å². The maximum absolute atomic E-state index is 4.76. The molecule has 0 aliphatic heterocycles. The van der Waals surface area contributed by atoms with E-state index >= 15 is 0 Å². The van der Waals surface area contributed by atoms with Crippen LogP contribution in [-0.2, 0) is 7.05 Å². The highest BCUT2D eigenvalue weighted by molar-refractivity contribution is 7.09. The van der Waals surface area contributed by atoms with Gasteiger partial charge in [0, 0.05) is 18.6 Å². The van der Waals surface area contributed by atoms with Gasteiger partial charge in [-0.05, 0) is 25.5 Å². The van der Waals surface area contributed by atoms with Gasteiger partial charge in [0.2, 0.25) is 0 Å². The Kier molecular flexibility index (Phi) is 4.03.